The molecule has 1 amide bonds. The van der Waals surface area contributed by atoms with Crippen molar-refractivity contribution in [3.63, 3.8) is 0 Å². The van der Waals surface area contributed by atoms with Gasteiger partial charge in [0.25, 0.3) is 5.91 Å². The number of rotatable bonds is 7. The zero-order valence-corrected chi connectivity index (χ0v) is 15.0. The average molecular weight is 370 g/mol. The van der Waals surface area contributed by atoms with Gasteiger partial charge in [-0.3, -0.25) is 4.79 Å². The number of carbonyl (C=O) groups excluding carboxylic acids is 1. The highest BCUT2D eigenvalue weighted by Gasteiger charge is 2.31. The lowest BCUT2D eigenvalue weighted by atomic mass is 10.3. The number of ether oxygens (including phenoxy) is 1. The molecule has 0 bridgehead atoms. The molecule has 0 radical (unpaired) electrons. The topological polar surface area (TPSA) is 66.9 Å². The van der Waals surface area contributed by atoms with Gasteiger partial charge in [-0.2, -0.15) is 4.31 Å². The molecule has 2 rings (SSSR count). The van der Waals surface area contributed by atoms with Crippen LogP contribution in [0.25, 0.3) is 0 Å². The van der Waals surface area contributed by atoms with Crippen molar-refractivity contribution in [3.05, 3.63) is 42.7 Å². The summed E-state index contributed by atoms with van der Waals surface area (Å²) in [6.45, 7) is 6.60. The van der Waals surface area contributed by atoms with Gasteiger partial charge in [-0.05, 0) is 31.5 Å². The van der Waals surface area contributed by atoms with Gasteiger partial charge in [0.1, 0.15) is 11.9 Å². The van der Waals surface area contributed by atoms with Crippen molar-refractivity contribution in [3.8, 4) is 0 Å². The molecule has 1 aliphatic rings. The minimum absolute atomic E-state index is 0.0756. The Morgan fingerprint density at radius 1 is 1.36 bits per heavy atom. The van der Waals surface area contributed by atoms with Gasteiger partial charge in [0.15, 0.2) is 0 Å². The third-order valence-corrected chi connectivity index (χ3v) is 5.92. The Morgan fingerprint density at radius 3 is 2.64 bits per heavy atom. The minimum Gasteiger partial charge on any atom is -0.368 e. The number of sulfonamides is 1. The van der Waals surface area contributed by atoms with Crippen LogP contribution in [0.2, 0.25) is 0 Å². The summed E-state index contributed by atoms with van der Waals surface area (Å²) in [4.78, 5) is 13.8. The quantitative estimate of drug-likeness (QED) is 0.541. The van der Waals surface area contributed by atoms with Gasteiger partial charge in [-0.25, -0.2) is 12.8 Å². The van der Waals surface area contributed by atoms with Crippen molar-refractivity contribution in [1.29, 1.82) is 0 Å². The second-order valence-corrected chi connectivity index (χ2v) is 7.72. The average Bonchev–Trinajstić information content (AvgIpc) is 2.61. The number of amides is 1. The number of carbonyl (C=O) groups is 1. The van der Waals surface area contributed by atoms with Gasteiger partial charge in [0, 0.05) is 26.2 Å². The Hall–Kier alpha value is -1.77. The van der Waals surface area contributed by atoms with Crippen LogP contribution in [0.5, 0.6) is 0 Å². The first-order valence-electron chi connectivity index (χ1n) is 8.13. The lowest BCUT2D eigenvalue weighted by Gasteiger charge is -2.35. The maximum absolute atomic E-state index is 13.3. The van der Waals surface area contributed by atoms with Crippen LogP contribution in [-0.4, -0.2) is 62.4 Å². The summed E-state index contributed by atoms with van der Waals surface area (Å²) in [5.41, 5.74) is 0. The lowest BCUT2D eigenvalue weighted by Crippen LogP contribution is -2.52. The fourth-order valence-electron chi connectivity index (χ4n) is 2.58. The van der Waals surface area contributed by atoms with E-state index in [1.54, 1.807) is 17.9 Å². The van der Waals surface area contributed by atoms with Crippen LogP contribution in [0, 0.1) is 5.82 Å². The maximum Gasteiger partial charge on any atom is 0.251 e. The van der Waals surface area contributed by atoms with Gasteiger partial charge in [-0.15, -0.1) is 6.58 Å². The Balaban J connectivity index is 1.94. The fraction of sp³-hybridized carbons (Fsp3) is 0.471. The monoisotopic (exact) mass is 370 g/mol. The Bertz CT molecular complexity index is 715. The number of benzene rings is 1. The molecule has 138 valence electrons. The molecule has 1 aliphatic heterocycles. The van der Waals surface area contributed by atoms with Crippen molar-refractivity contribution in [2.45, 2.75) is 24.3 Å². The van der Waals surface area contributed by atoms with E-state index in [1.807, 2.05) is 0 Å². The number of hydrogen-bond donors (Lipinski definition) is 0. The highest BCUT2D eigenvalue weighted by molar-refractivity contribution is 7.89. The predicted molar refractivity (Wildman–Crippen MR) is 92.0 cm³/mol. The summed E-state index contributed by atoms with van der Waals surface area (Å²) in [7, 11) is -3.76. The van der Waals surface area contributed by atoms with Crippen LogP contribution in [0.1, 0.15) is 13.3 Å². The first-order valence-corrected chi connectivity index (χ1v) is 9.57. The van der Waals surface area contributed by atoms with Crippen LogP contribution in [0.15, 0.2) is 41.8 Å². The standard InChI is InChI=1S/C17H23FN2O4S/c1-3-4-12-24-14(2)17(21)19-8-10-20(11-9-19)25(22,23)16-7-5-6-15(18)13-16/h3,5-7,13-14H,1,4,8-12H2,2H3. The van der Waals surface area contributed by atoms with Crippen molar-refractivity contribution >= 4 is 15.9 Å². The van der Waals surface area contributed by atoms with Crippen molar-refractivity contribution in [2.75, 3.05) is 32.8 Å². The van der Waals surface area contributed by atoms with Crippen molar-refractivity contribution < 1.29 is 22.3 Å². The smallest absolute Gasteiger partial charge is 0.251 e. The van der Waals surface area contributed by atoms with Crippen molar-refractivity contribution in [2.24, 2.45) is 0 Å². The van der Waals surface area contributed by atoms with E-state index in [0.29, 0.717) is 13.0 Å². The van der Waals surface area contributed by atoms with Crippen LogP contribution in [-0.2, 0) is 19.6 Å². The summed E-state index contributed by atoms with van der Waals surface area (Å²) in [6, 6.07) is 4.93. The van der Waals surface area contributed by atoms with Crippen LogP contribution in [0.3, 0.4) is 0 Å². The largest absolute Gasteiger partial charge is 0.368 e. The highest BCUT2D eigenvalue weighted by atomic mass is 32.2. The van der Waals surface area contributed by atoms with E-state index in [9.17, 15) is 17.6 Å². The molecule has 1 heterocycles. The zero-order chi connectivity index (χ0) is 18.4. The van der Waals surface area contributed by atoms with Crippen molar-refractivity contribution in [1.82, 2.24) is 9.21 Å². The molecule has 0 aromatic heterocycles. The van der Waals surface area contributed by atoms with Gasteiger partial charge >= 0.3 is 0 Å². The first-order chi connectivity index (χ1) is 11.9. The fourth-order valence-corrected chi connectivity index (χ4v) is 4.04. The normalized spacial score (nSPS) is 17.3. The summed E-state index contributed by atoms with van der Waals surface area (Å²) < 4.78 is 45.1. The molecular weight excluding hydrogens is 347 g/mol. The van der Waals surface area contributed by atoms with Gasteiger partial charge in [0.05, 0.1) is 11.5 Å². The molecule has 1 fully saturated rings. The number of halogens is 1. The summed E-state index contributed by atoms with van der Waals surface area (Å²) in [5, 5.41) is 0. The molecule has 1 atom stereocenters. The highest BCUT2D eigenvalue weighted by Crippen LogP contribution is 2.19. The lowest BCUT2D eigenvalue weighted by molar-refractivity contribution is -0.143. The third-order valence-electron chi connectivity index (χ3n) is 4.02. The molecule has 1 saturated heterocycles. The van der Waals surface area contributed by atoms with E-state index in [1.165, 1.54) is 22.5 Å². The second kappa shape index (κ2) is 8.55. The molecule has 0 N–H and O–H groups in total. The summed E-state index contributed by atoms with van der Waals surface area (Å²) in [5.74, 6) is -0.757. The van der Waals surface area contributed by atoms with E-state index in [0.717, 1.165) is 6.07 Å². The van der Waals surface area contributed by atoms with Gasteiger partial charge < -0.3 is 9.64 Å². The Kier molecular flexibility index (Phi) is 6.69. The summed E-state index contributed by atoms with van der Waals surface area (Å²) >= 11 is 0. The van der Waals surface area contributed by atoms with E-state index in [-0.39, 0.29) is 37.0 Å². The van der Waals surface area contributed by atoms with Crippen LogP contribution < -0.4 is 0 Å². The van der Waals surface area contributed by atoms with Crippen LogP contribution in [0.4, 0.5) is 4.39 Å². The number of nitrogens with zero attached hydrogens (tertiary/aromatic N) is 2. The predicted octanol–water partition coefficient (Wildman–Crippen LogP) is 1.64. The molecule has 25 heavy (non-hydrogen) atoms. The zero-order valence-electron chi connectivity index (χ0n) is 14.2. The molecule has 0 spiro atoms. The molecule has 1 unspecified atom stereocenters. The maximum atomic E-state index is 13.3. The SMILES string of the molecule is C=CCCOC(C)C(=O)N1CCN(S(=O)(=O)c2cccc(F)c2)CC1. The van der Waals surface area contributed by atoms with E-state index in [4.69, 9.17) is 4.74 Å². The Morgan fingerprint density at radius 2 is 2.04 bits per heavy atom. The molecule has 6 nitrogen and oxygen atoms in total. The van der Waals surface area contributed by atoms with E-state index < -0.39 is 21.9 Å². The number of piperazine rings is 1. The molecule has 1 aromatic carbocycles. The van der Waals surface area contributed by atoms with E-state index >= 15 is 0 Å². The second-order valence-electron chi connectivity index (χ2n) is 5.78. The van der Waals surface area contributed by atoms with Gasteiger partial charge in [-0.1, -0.05) is 12.1 Å². The summed E-state index contributed by atoms with van der Waals surface area (Å²) in [6.07, 6.45) is 1.80. The molecular formula is C17H23FN2O4S. The van der Waals surface area contributed by atoms with Gasteiger partial charge in [0.2, 0.25) is 10.0 Å². The molecule has 1 aromatic rings. The number of hydrogen-bond acceptors (Lipinski definition) is 4. The molecule has 8 heteroatoms. The van der Waals surface area contributed by atoms with Crippen LogP contribution >= 0.6 is 0 Å². The third kappa shape index (κ3) is 4.87. The van der Waals surface area contributed by atoms with E-state index in [2.05, 4.69) is 6.58 Å². The molecule has 0 saturated carbocycles. The minimum atomic E-state index is -3.76. The Labute approximate surface area is 147 Å². The first kappa shape index (κ1) is 19.6. The molecule has 0 aliphatic carbocycles.